The first-order valence-corrected chi connectivity index (χ1v) is 17.9. The van der Waals surface area contributed by atoms with Gasteiger partial charge in [0.2, 0.25) is 0 Å². The van der Waals surface area contributed by atoms with Crippen LogP contribution in [0.4, 0.5) is 0 Å². The van der Waals surface area contributed by atoms with E-state index in [1.807, 2.05) is 0 Å². The summed E-state index contributed by atoms with van der Waals surface area (Å²) in [5.41, 5.74) is 8.75. The van der Waals surface area contributed by atoms with Crippen LogP contribution in [-0.2, 0) is 33.7 Å². The molecule has 0 saturated carbocycles. The zero-order valence-corrected chi connectivity index (χ0v) is 24.1. The molecule has 3 aromatic rings. The Morgan fingerprint density at radius 3 is 1.94 bits per heavy atom. The first kappa shape index (κ1) is 26.8. The summed E-state index contributed by atoms with van der Waals surface area (Å²) >= 11 is -0.826. The Morgan fingerprint density at radius 1 is 0.871 bits per heavy atom. The van der Waals surface area contributed by atoms with Gasteiger partial charge in [0.1, 0.15) is 0 Å². The van der Waals surface area contributed by atoms with Gasteiger partial charge in [-0.3, -0.25) is 0 Å². The molecule has 3 heteroatoms. The van der Waals surface area contributed by atoms with Crippen molar-refractivity contribution in [2.24, 2.45) is 5.92 Å². The summed E-state index contributed by atoms with van der Waals surface area (Å²) in [5, 5.41) is 2.84. The van der Waals surface area contributed by atoms with Crippen molar-refractivity contribution in [3.8, 4) is 11.1 Å². The molecule has 0 nitrogen and oxygen atoms in total. The molecule has 31 heavy (non-hydrogen) atoms. The molecule has 0 fully saturated rings. The Bertz CT molecular complexity index is 940. The van der Waals surface area contributed by atoms with Crippen LogP contribution < -0.4 is 0 Å². The predicted molar refractivity (Wildman–Crippen MR) is 137 cm³/mol. The molecule has 0 heterocycles. The van der Waals surface area contributed by atoms with Gasteiger partial charge in [0.05, 0.1) is 0 Å². The van der Waals surface area contributed by atoms with Gasteiger partial charge in [-0.2, -0.15) is 6.07 Å². The van der Waals surface area contributed by atoms with Crippen LogP contribution in [0.2, 0.25) is 0 Å². The number of hydrogen-bond acceptors (Lipinski definition) is 0. The van der Waals surface area contributed by atoms with Crippen molar-refractivity contribution in [3.05, 3.63) is 64.7 Å². The summed E-state index contributed by atoms with van der Waals surface area (Å²) in [6.45, 7) is 16.1. The van der Waals surface area contributed by atoms with Crippen molar-refractivity contribution in [3.63, 3.8) is 0 Å². The van der Waals surface area contributed by atoms with E-state index in [0.717, 1.165) is 12.8 Å². The average Bonchev–Trinajstić information content (AvgIpc) is 3.09. The second kappa shape index (κ2) is 12.7. The molecule has 0 atom stereocenters. The maximum absolute atomic E-state index is 4.93. The third-order valence-corrected chi connectivity index (χ3v) is 5.80. The Labute approximate surface area is 208 Å². The van der Waals surface area contributed by atoms with Crippen molar-refractivity contribution in [1.82, 2.24) is 0 Å². The molecule has 0 aliphatic heterocycles. The fraction of sp³-hybridized carbons (Fsp3) is 0.464. The fourth-order valence-electron chi connectivity index (χ4n) is 4.28. The second-order valence-electron chi connectivity index (χ2n) is 9.58. The van der Waals surface area contributed by atoms with Crippen molar-refractivity contribution in [1.29, 1.82) is 0 Å². The van der Waals surface area contributed by atoms with Crippen molar-refractivity contribution < 1.29 is 20.8 Å². The van der Waals surface area contributed by atoms with Crippen molar-refractivity contribution in [2.45, 2.75) is 79.6 Å². The second-order valence-corrected chi connectivity index (χ2v) is 13.3. The van der Waals surface area contributed by atoms with E-state index in [4.69, 9.17) is 17.0 Å². The van der Waals surface area contributed by atoms with Gasteiger partial charge in [-0.05, 0) is 47.3 Å². The number of aryl methyl sites for hydroxylation is 1. The molecule has 0 saturated heterocycles. The van der Waals surface area contributed by atoms with Crippen LogP contribution in [-0.4, -0.2) is 0 Å². The Hall–Kier alpha value is -0.487. The van der Waals surface area contributed by atoms with Crippen LogP contribution in [0.3, 0.4) is 0 Å². The van der Waals surface area contributed by atoms with Crippen molar-refractivity contribution in [2.75, 3.05) is 0 Å². The molecule has 0 unspecified atom stereocenters. The zero-order valence-electron chi connectivity index (χ0n) is 20.2. The fourth-order valence-corrected chi connectivity index (χ4v) is 4.28. The van der Waals surface area contributed by atoms with Gasteiger partial charge in [-0.25, -0.2) is 0 Å². The number of rotatable bonds is 7. The summed E-state index contributed by atoms with van der Waals surface area (Å²) in [5.74, 6) is 1.78. The number of fused-ring (bicyclic) bond motifs is 1. The molecule has 168 valence electrons. The van der Waals surface area contributed by atoms with E-state index in [1.54, 1.807) is 0 Å². The van der Waals surface area contributed by atoms with Crippen LogP contribution in [0.25, 0.3) is 21.9 Å². The van der Waals surface area contributed by atoms with E-state index in [-0.39, 0.29) is 0 Å². The van der Waals surface area contributed by atoms with Gasteiger partial charge in [-0.1, -0.05) is 84.2 Å². The molecule has 3 aromatic carbocycles. The van der Waals surface area contributed by atoms with Crippen LogP contribution >= 0.6 is 17.0 Å². The van der Waals surface area contributed by atoms with E-state index < -0.39 is 20.8 Å². The molecule has 0 radical (unpaired) electrons. The molecule has 3 rings (SSSR count). The molecular formula is C28H37Cl2Zr-. The van der Waals surface area contributed by atoms with E-state index in [0.29, 0.717) is 17.8 Å². The molecular weight excluding hydrogens is 498 g/mol. The Balaban J connectivity index is 0.00000107. The first-order chi connectivity index (χ1) is 14.7. The molecule has 0 spiro atoms. The normalized spacial score (nSPS) is 11.4. The SMILES string of the molecule is CCCc1ccc2[cH-]c(CC(C)C)cc2c1-c1cc(C(C)C)cc(C(C)C)c1.[Cl][Zr][Cl]. The molecule has 0 aliphatic carbocycles. The predicted octanol–water partition coefficient (Wildman–Crippen LogP) is 10.00. The van der Waals surface area contributed by atoms with Gasteiger partial charge in [0.15, 0.2) is 0 Å². The van der Waals surface area contributed by atoms with Crippen molar-refractivity contribution >= 4 is 27.8 Å². The van der Waals surface area contributed by atoms with E-state index in [2.05, 4.69) is 90.9 Å². The summed E-state index contributed by atoms with van der Waals surface area (Å²) < 4.78 is 0. The quantitative estimate of drug-likeness (QED) is 0.264. The zero-order chi connectivity index (χ0) is 23.1. The summed E-state index contributed by atoms with van der Waals surface area (Å²) in [6.07, 6.45) is 3.47. The monoisotopic (exact) mass is 533 g/mol. The van der Waals surface area contributed by atoms with Gasteiger partial charge < -0.3 is 0 Å². The van der Waals surface area contributed by atoms with Crippen LogP contribution in [0.5, 0.6) is 0 Å². The first-order valence-electron chi connectivity index (χ1n) is 11.5. The van der Waals surface area contributed by atoms with E-state index >= 15 is 0 Å². The molecule has 0 N–H and O–H groups in total. The van der Waals surface area contributed by atoms with E-state index in [1.165, 1.54) is 50.6 Å². The molecule has 0 aromatic heterocycles. The molecule has 0 amide bonds. The third-order valence-electron chi connectivity index (χ3n) is 5.80. The molecule has 0 bridgehead atoms. The standard InChI is InChI=1S/C28H37.2ClH.Zr/c1-8-9-22-10-11-23-13-21(12-18(2)3)14-27(23)28(22)26-16-24(19(4)5)15-25(17-26)20(6)7;;;/h10-11,13-20H,8-9,12H2,1-7H3;2*1H;/q-1;;;+2/p-2. The van der Waals surface area contributed by atoms with E-state index in [9.17, 15) is 0 Å². The van der Waals surface area contributed by atoms with Crippen LogP contribution in [0, 0.1) is 5.92 Å². The topological polar surface area (TPSA) is 0 Å². The van der Waals surface area contributed by atoms with Gasteiger partial charge >= 0.3 is 37.9 Å². The minimum absolute atomic E-state index is 0.544. The van der Waals surface area contributed by atoms with Gasteiger partial charge in [-0.15, -0.1) is 34.5 Å². The average molecular weight is 536 g/mol. The van der Waals surface area contributed by atoms with Crippen LogP contribution in [0.1, 0.15) is 89.0 Å². The number of benzene rings is 2. The maximum atomic E-state index is 4.93. The Morgan fingerprint density at radius 2 is 1.45 bits per heavy atom. The summed E-state index contributed by atoms with van der Waals surface area (Å²) in [4.78, 5) is 0. The summed E-state index contributed by atoms with van der Waals surface area (Å²) in [7, 11) is 9.87. The molecule has 0 aliphatic rings. The summed E-state index contributed by atoms with van der Waals surface area (Å²) in [6, 6.07) is 16.9. The van der Waals surface area contributed by atoms with Gasteiger partial charge in [0, 0.05) is 0 Å². The van der Waals surface area contributed by atoms with Crippen LogP contribution in [0.15, 0.2) is 42.5 Å². The third kappa shape index (κ3) is 7.25. The minimum atomic E-state index is -0.826. The van der Waals surface area contributed by atoms with Gasteiger partial charge in [0.25, 0.3) is 0 Å². The number of halogens is 2. The Kier molecular flexibility index (Phi) is 10.9. The number of hydrogen-bond donors (Lipinski definition) is 0.